The second kappa shape index (κ2) is 6.00. The van der Waals surface area contributed by atoms with E-state index in [2.05, 4.69) is 0 Å². The molecular weight excluding hydrogens is 302 g/mol. The van der Waals surface area contributed by atoms with Crippen LogP contribution in [0.2, 0.25) is 10.0 Å². The molecule has 0 fully saturated rings. The first-order valence-corrected chi connectivity index (χ1v) is 6.32. The minimum Gasteiger partial charge on any atom is -0.487 e. The first-order chi connectivity index (χ1) is 9.49. The van der Waals surface area contributed by atoms with Gasteiger partial charge in [0.25, 0.3) is 0 Å². The molecular formula is C14H9Cl2FN2O. The topological polar surface area (TPSA) is 59.0 Å². The van der Waals surface area contributed by atoms with Gasteiger partial charge in [-0.25, -0.2) is 4.39 Å². The molecule has 0 bridgehead atoms. The van der Waals surface area contributed by atoms with Crippen molar-refractivity contribution in [2.24, 2.45) is 0 Å². The Balaban J connectivity index is 2.19. The van der Waals surface area contributed by atoms with E-state index in [0.29, 0.717) is 27.0 Å². The number of ether oxygens (including phenoxy) is 1. The lowest BCUT2D eigenvalue weighted by Gasteiger charge is -2.10. The van der Waals surface area contributed by atoms with E-state index in [-0.39, 0.29) is 12.2 Å². The summed E-state index contributed by atoms with van der Waals surface area (Å²) in [6, 6.07) is 8.82. The summed E-state index contributed by atoms with van der Waals surface area (Å²) in [5, 5.41) is 9.41. The van der Waals surface area contributed by atoms with Gasteiger partial charge in [-0.3, -0.25) is 0 Å². The van der Waals surface area contributed by atoms with Gasteiger partial charge < -0.3 is 10.5 Å². The molecule has 0 aliphatic heterocycles. The molecule has 3 nitrogen and oxygen atoms in total. The summed E-state index contributed by atoms with van der Waals surface area (Å²) in [6.45, 7) is 0.0641. The molecule has 6 heteroatoms. The van der Waals surface area contributed by atoms with Gasteiger partial charge in [0.1, 0.15) is 18.2 Å². The maximum atomic E-state index is 13.3. The van der Waals surface area contributed by atoms with Crippen molar-refractivity contribution in [2.45, 2.75) is 6.61 Å². The molecule has 0 aromatic heterocycles. The van der Waals surface area contributed by atoms with Crippen LogP contribution in [0.25, 0.3) is 0 Å². The lowest BCUT2D eigenvalue weighted by molar-refractivity contribution is 0.307. The Morgan fingerprint density at radius 2 is 1.85 bits per heavy atom. The predicted octanol–water partition coefficient (Wildman–Crippen LogP) is 4.17. The number of nitriles is 1. The number of nitrogens with zero attached hydrogens (tertiary/aromatic N) is 1. The Morgan fingerprint density at radius 1 is 1.15 bits per heavy atom. The Bertz CT molecular complexity index is 698. The summed E-state index contributed by atoms with van der Waals surface area (Å²) in [5.74, 6) is -0.146. The molecule has 0 aliphatic carbocycles. The Labute approximate surface area is 125 Å². The van der Waals surface area contributed by atoms with Gasteiger partial charge >= 0.3 is 0 Å². The molecule has 0 radical (unpaired) electrons. The van der Waals surface area contributed by atoms with Crippen molar-refractivity contribution in [2.75, 3.05) is 5.73 Å². The van der Waals surface area contributed by atoms with Gasteiger partial charge in [-0.15, -0.1) is 0 Å². The van der Waals surface area contributed by atoms with E-state index in [1.54, 1.807) is 0 Å². The number of hydrogen-bond acceptors (Lipinski definition) is 3. The monoisotopic (exact) mass is 310 g/mol. The average Bonchev–Trinajstić information content (AvgIpc) is 2.40. The number of nitrogen functional groups attached to an aromatic ring is 1. The lowest BCUT2D eigenvalue weighted by atomic mass is 10.1. The van der Waals surface area contributed by atoms with E-state index in [1.807, 2.05) is 6.07 Å². The lowest BCUT2D eigenvalue weighted by Crippen LogP contribution is -2.00. The number of anilines is 1. The molecule has 2 aromatic carbocycles. The van der Waals surface area contributed by atoms with Crippen LogP contribution in [0.5, 0.6) is 5.75 Å². The summed E-state index contributed by atoms with van der Waals surface area (Å²) in [6.07, 6.45) is 0. The zero-order valence-corrected chi connectivity index (χ0v) is 11.7. The summed E-state index contributed by atoms with van der Waals surface area (Å²) < 4.78 is 18.7. The molecule has 20 heavy (non-hydrogen) atoms. The highest BCUT2D eigenvalue weighted by molar-refractivity contribution is 6.42. The second-order valence-electron chi connectivity index (χ2n) is 4.05. The minimum atomic E-state index is -0.496. The third kappa shape index (κ3) is 3.32. The molecule has 2 N–H and O–H groups in total. The molecule has 0 unspecified atom stereocenters. The van der Waals surface area contributed by atoms with E-state index >= 15 is 0 Å². The molecule has 102 valence electrons. The summed E-state index contributed by atoms with van der Waals surface area (Å²) in [4.78, 5) is 0. The van der Waals surface area contributed by atoms with Crippen molar-refractivity contribution in [1.29, 1.82) is 5.26 Å². The van der Waals surface area contributed by atoms with Crippen LogP contribution >= 0.6 is 23.2 Å². The normalized spacial score (nSPS) is 10.1. The summed E-state index contributed by atoms with van der Waals surface area (Å²) in [7, 11) is 0. The molecule has 0 amide bonds. The predicted molar refractivity (Wildman–Crippen MR) is 76.3 cm³/mol. The van der Waals surface area contributed by atoms with Crippen molar-refractivity contribution in [3.8, 4) is 11.8 Å². The fraction of sp³-hybridized carbons (Fsp3) is 0.0714. The molecule has 2 rings (SSSR count). The standard InChI is InChI=1S/C14H9Cl2FN2O/c15-11-4-13(19)14(5-12(11)16)20-7-9-1-8(6-18)2-10(17)3-9/h1-5H,7,19H2. The number of benzene rings is 2. The zero-order valence-electron chi connectivity index (χ0n) is 10.2. The highest BCUT2D eigenvalue weighted by Crippen LogP contribution is 2.32. The van der Waals surface area contributed by atoms with Crippen molar-refractivity contribution >= 4 is 28.9 Å². The molecule has 0 saturated heterocycles. The number of nitrogens with two attached hydrogens (primary N) is 1. The zero-order chi connectivity index (χ0) is 14.7. The molecule has 0 saturated carbocycles. The molecule has 0 heterocycles. The minimum absolute atomic E-state index is 0.0641. The van der Waals surface area contributed by atoms with Crippen LogP contribution in [-0.4, -0.2) is 0 Å². The maximum absolute atomic E-state index is 13.3. The van der Waals surface area contributed by atoms with Gasteiger partial charge in [-0.2, -0.15) is 5.26 Å². The number of hydrogen-bond donors (Lipinski definition) is 1. The fourth-order valence-corrected chi connectivity index (χ4v) is 1.95. The van der Waals surface area contributed by atoms with Crippen molar-refractivity contribution in [3.63, 3.8) is 0 Å². The van der Waals surface area contributed by atoms with Crippen molar-refractivity contribution < 1.29 is 9.13 Å². The van der Waals surface area contributed by atoms with Gasteiger partial charge in [-0.05, 0) is 29.8 Å². The fourth-order valence-electron chi connectivity index (χ4n) is 1.63. The average molecular weight is 311 g/mol. The molecule has 0 atom stereocenters. The van der Waals surface area contributed by atoms with Gasteiger partial charge in [0.05, 0.1) is 27.4 Å². The van der Waals surface area contributed by atoms with E-state index in [9.17, 15) is 4.39 Å². The Morgan fingerprint density at radius 3 is 2.55 bits per heavy atom. The van der Waals surface area contributed by atoms with Crippen molar-refractivity contribution in [1.82, 2.24) is 0 Å². The second-order valence-corrected chi connectivity index (χ2v) is 4.87. The molecule has 0 aliphatic rings. The molecule has 2 aromatic rings. The van der Waals surface area contributed by atoms with Crippen LogP contribution in [0, 0.1) is 17.1 Å². The van der Waals surface area contributed by atoms with E-state index in [0.717, 1.165) is 6.07 Å². The van der Waals surface area contributed by atoms with E-state index in [4.69, 9.17) is 38.9 Å². The maximum Gasteiger partial charge on any atom is 0.144 e. The van der Waals surface area contributed by atoms with Crippen LogP contribution in [0.3, 0.4) is 0 Å². The van der Waals surface area contributed by atoms with Crippen LogP contribution in [0.4, 0.5) is 10.1 Å². The Kier molecular flexibility index (Phi) is 4.33. The number of halogens is 3. The third-order valence-corrected chi connectivity index (χ3v) is 3.26. The summed E-state index contributed by atoms with van der Waals surface area (Å²) in [5.41, 5.74) is 6.82. The van der Waals surface area contributed by atoms with Gasteiger partial charge in [0.15, 0.2) is 0 Å². The Hall–Kier alpha value is -1.96. The highest BCUT2D eigenvalue weighted by Gasteiger charge is 2.07. The highest BCUT2D eigenvalue weighted by atomic mass is 35.5. The van der Waals surface area contributed by atoms with Crippen LogP contribution in [-0.2, 0) is 6.61 Å². The first kappa shape index (κ1) is 14.4. The third-order valence-electron chi connectivity index (χ3n) is 2.53. The van der Waals surface area contributed by atoms with E-state index < -0.39 is 5.82 Å². The molecule has 0 spiro atoms. The largest absolute Gasteiger partial charge is 0.487 e. The first-order valence-electron chi connectivity index (χ1n) is 5.56. The smallest absolute Gasteiger partial charge is 0.144 e. The summed E-state index contributed by atoms with van der Waals surface area (Å²) >= 11 is 11.7. The van der Waals surface area contributed by atoms with Gasteiger partial charge in [-0.1, -0.05) is 23.2 Å². The number of rotatable bonds is 3. The van der Waals surface area contributed by atoms with E-state index in [1.165, 1.54) is 24.3 Å². The quantitative estimate of drug-likeness (QED) is 0.866. The van der Waals surface area contributed by atoms with Crippen LogP contribution in [0.15, 0.2) is 30.3 Å². The SMILES string of the molecule is N#Cc1cc(F)cc(COc2cc(Cl)c(Cl)cc2N)c1. The van der Waals surface area contributed by atoms with Crippen LogP contribution in [0.1, 0.15) is 11.1 Å². The van der Waals surface area contributed by atoms with Gasteiger partial charge in [0.2, 0.25) is 0 Å². The van der Waals surface area contributed by atoms with Crippen LogP contribution < -0.4 is 10.5 Å². The van der Waals surface area contributed by atoms with Crippen molar-refractivity contribution in [3.05, 3.63) is 57.3 Å². The van der Waals surface area contributed by atoms with Gasteiger partial charge in [0, 0.05) is 6.07 Å².